The van der Waals surface area contributed by atoms with Gasteiger partial charge in [-0.1, -0.05) is 6.07 Å². The number of ether oxygens (including phenoxy) is 1. The molecule has 9 nitrogen and oxygen atoms in total. The Labute approximate surface area is 171 Å². The molecule has 30 heavy (non-hydrogen) atoms. The quantitative estimate of drug-likeness (QED) is 0.639. The number of aromatic nitrogens is 1. The highest BCUT2D eigenvalue weighted by atomic mass is 16.5. The van der Waals surface area contributed by atoms with E-state index in [9.17, 15) is 14.4 Å². The van der Waals surface area contributed by atoms with E-state index in [2.05, 4.69) is 15.6 Å². The Morgan fingerprint density at radius 3 is 2.80 bits per heavy atom. The lowest BCUT2D eigenvalue weighted by atomic mass is 9.95. The molecule has 1 aromatic carbocycles. The molecule has 2 aliphatic heterocycles. The maximum absolute atomic E-state index is 13.2. The average molecular weight is 406 g/mol. The van der Waals surface area contributed by atoms with Gasteiger partial charge in [-0.25, -0.2) is 4.79 Å². The third kappa shape index (κ3) is 2.48. The summed E-state index contributed by atoms with van der Waals surface area (Å²) < 4.78 is 11.2. The van der Waals surface area contributed by atoms with Crippen molar-refractivity contribution >= 4 is 28.9 Å². The number of methoxy groups -OCH3 is 1. The molecule has 1 atom stereocenters. The summed E-state index contributed by atoms with van der Waals surface area (Å²) >= 11 is 0. The lowest BCUT2D eigenvalue weighted by Gasteiger charge is -2.29. The van der Waals surface area contributed by atoms with Crippen LogP contribution in [-0.2, 0) is 16.9 Å². The Hall–Kier alpha value is -3.88. The first-order valence-electron chi connectivity index (χ1n) is 9.37. The molecule has 0 spiro atoms. The standard InChI is InChI=1S/C21H18N4O5/c1-11-14(29-2)6-5-12-9-25(18(26)17(11)12)10-21(19(27)23-20(28)24-21)16-8-13-15(30-16)4-3-7-22-13/h3-8H,9-10H2,1-2H3,(H2,23,24,27,28)/t21-/m0/s1. The molecular weight excluding hydrogens is 388 g/mol. The number of rotatable bonds is 4. The zero-order chi connectivity index (χ0) is 21.0. The van der Waals surface area contributed by atoms with Crippen molar-refractivity contribution in [3.05, 3.63) is 59.0 Å². The van der Waals surface area contributed by atoms with Crippen LogP contribution in [0.2, 0.25) is 0 Å². The van der Waals surface area contributed by atoms with Gasteiger partial charge in [0.05, 0.1) is 19.2 Å². The molecule has 4 amide bonds. The van der Waals surface area contributed by atoms with Gasteiger partial charge >= 0.3 is 6.03 Å². The molecule has 2 aromatic heterocycles. The molecule has 2 aliphatic rings. The Morgan fingerprint density at radius 1 is 1.27 bits per heavy atom. The number of furan rings is 1. The molecule has 0 aliphatic carbocycles. The minimum atomic E-state index is -1.55. The number of benzene rings is 1. The molecule has 5 rings (SSSR count). The monoisotopic (exact) mass is 406 g/mol. The van der Waals surface area contributed by atoms with E-state index in [1.54, 1.807) is 31.5 Å². The van der Waals surface area contributed by atoms with Gasteiger partial charge in [-0.3, -0.25) is 19.9 Å². The summed E-state index contributed by atoms with van der Waals surface area (Å²) in [4.78, 5) is 43.9. The highest BCUT2D eigenvalue weighted by Gasteiger charge is 2.53. The van der Waals surface area contributed by atoms with Gasteiger partial charge in [-0.15, -0.1) is 0 Å². The van der Waals surface area contributed by atoms with Gasteiger partial charge in [0.2, 0.25) is 0 Å². The van der Waals surface area contributed by atoms with E-state index in [0.717, 1.165) is 11.1 Å². The van der Waals surface area contributed by atoms with Crippen molar-refractivity contribution in [2.75, 3.05) is 13.7 Å². The van der Waals surface area contributed by atoms with E-state index in [4.69, 9.17) is 9.15 Å². The molecule has 0 unspecified atom stereocenters. The second-order valence-corrected chi connectivity index (χ2v) is 7.40. The first kappa shape index (κ1) is 18.2. The summed E-state index contributed by atoms with van der Waals surface area (Å²) in [5.41, 5.74) is 1.62. The molecular formula is C21H18N4O5. The Kier molecular flexibility index (Phi) is 3.82. The fourth-order valence-corrected chi connectivity index (χ4v) is 4.18. The number of urea groups is 1. The van der Waals surface area contributed by atoms with Crippen LogP contribution in [0.1, 0.15) is 27.2 Å². The lowest BCUT2D eigenvalue weighted by Crippen LogP contribution is -2.52. The number of nitrogens with one attached hydrogen (secondary N) is 2. The molecule has 1 saturated heterocycles. The van der Waals surface area contributed by atoms with E-state index in [0.29, 0.717) is 29.0 Å². The van der Waals surface area contributed by atoms with Crippen molar-refractivity contribution < 1.29 is 23.5 Å². The number of hydrogen-bond acceptors (Lipinski definition) is 6. The SMILES string of the molecule is COc1ccc2c(c1C)C(=O)N(C[C@@]1(c3cc4ncccc4o3)NC(=O)NC1=O)C2. The highest BCUT2D eigenvalue weighted by molar-refractivity contribution is 6.08. The zero-order valence-corrected chi connectivity index (χ0v) is 16.3. The Bertz CT molecular complexity index is 1200. The molecule has 4 heterocycles. The highest BCUT2D eigenvalue weighted by Crippen LogP contribution is 2.36. The van der Waals surface area contributed by atoms with Crippen molar-refractivity contribution in [1.29, 1.82) is 0 Å². The fraction of sp³-hybridized carbons (Fsp3) is 0.238. The topological polar surface area (TPSA) is 114 Å². The molecule has 152 valence electrons. The van der Waals surface area contributed by atoms with Crippen molar-refractivity contribution in [2.45, 2.75) is 19.0 Å². The third-order valence-corrected chi connectivity index (χ3v) is 5.66. The number of amides is 4. The number of nitrogens with zero attached hydrogens (tertiary/aromatic N) is 2. The van der Waals surface area contributed by atoms with Crippen LogP contribution in [-0.4, -0.2) is 41.4 Å². The molecule has 9 heteroatoms. The normalized spacial score (nSPS) is 20.5. The second-order valence-electron chi connectivity index (χ2n) is 7.40. The minimum Gasteiger partial charge on any atom is -0.496 e. The average Bonchev–Trinajstić information content (AvgIpc) is 3.37. The summed E-state index contributed by atoms with van der Waals surface area (Å²) in [5, 5.41) is 4.93. The molecule has 2 N–H and O–H groups in total. The van der Waals surface area contributed by atoms with Crippen LogP contribution in [0.15, 0.2) is 40.9 Å². The van der Waals surface area contributed by atoms with Crippen LogP contribution >= 0.6 is 0 Å². The van der Waals surface area contributed by atoms with Gasteiger partial charge in [0.1, 0.15) is 17.0 Å². The maximum Gasteiger partial charge on any atom is 0.322 e. The van der Waals surface area contributed by atoms with Crippen LogP contribution in [0.4, 0.5) is 4.79 Å². The number of hydrogen-bond donors (Lipinski definition) is 2. The van der Waals surface area contributed by atoms with E-state index >= 15 is 0 Å². The van der Waals surface area contributed by atoms with Gasteiger partial charge in [0, 0.05) is 24.4 Å². The van der Waals surface area contributed by atoms with Crippen LogP contribution < -0.4 is 15.4 Å². The third-order valence-electron chi connectivity index (χ3n) is 5.66. The van der Waals surface area contributed by atoms with E-state index < -0.39 is 17.5 Å². The Morgan fingerprint density at radius 2 is 2.10 bits per heavy atom. The number of carbonyl (C=O) groups excluding carboxylic acids is 3. The molecule has 0 saturated carbocycles. The van der Waals surface area contributed by atoms with Gasteiger partial charge in [0.25, 0.3) is 11.8 Å². The summed E-state index contributed by atoms with van der Waals surface area (Å²) in [6.07, 6.45) is 1.61. The van der Waals surface area contributed by atoms with E-state index in [-0.39, 0.29) is 18.2 Å². The van der Waals surface area contributed by atoms with Crippen molar-refractivity contribution in [3.63, 3.8) is 0 Å². The van der Waals surface area contributed by atoms with Gasteiger partial charge in [0.15, 0.2) is 11.1 Å². The number of imide groups is 1. The zero-order valence-electron chi connectivity index (χ0n) is 16.3. The second kappa shape index (κ2) is 6.31. The van der Waals surface area contributed by atoms with Crippen LogP contribution in [0, 0.1) is 6.92 Å². The van der Waals surface area contributed by atoms with Crippen molar-refractivity contribution in [2.24, 2.45) is 0 Å². The summed E-state index contributed by atoms with van der Waals surface area (Å²) in [7, 11) is 1.55. The van der Waals surface area contributed by atoms with Crippen molar-refractivity contribution in [3.8, 4) is 5.75 Å². The first-order chi connectivity index (χ1) is 14.4. The number of carbonyl (C=O) groups is 3. The van der Waals surface area contributed by atoms with E-state index in [1.165, 1.54) is 4.90 Å². The molecule has 0 bridgehead atoms. The lowest BCUT2D eigenvalue weighted by molar-refractivity contribution is -0.125. The van der Waals surface area contributed by atoms with Crippen LogP contribution in [0.3, 0.4) is 0 Å². The van der Waals surface area contributed by atoms with Gasteiger partial charge in [-0.05, 0) is 30.7 Å². The Balaban J connectivity index is 1.56. The number of fused-ring (bicyclic) bond motifs is 2. The van der Waals surface area contributed by atoms with Crippen molar-refractivity contribution in [1.82, 2.24) is 20.5 Å². The predicted octanol–water partition coefficient (Wildman–Crippen LogP) is 1.84. The largest absolute Gasteiger partial charge is 0.496 e. The number of pyridine rings is 1. The summed E-state index contributed by atoms with van der Waals surface area (Å²) in [6.45, 7) is 2.05. The van der Waals surface area contributed by atoms with E-state index in [1.807, 2.05) is 19.1 Å². The molecule has 3 aromatic rings. The minimum absolute atomic E-state index is 0.0837. The van der Waals surface area contributed by atoms with Gasteiger partial charge in [-0.2, -0.15) is 0 Å². The summed E-state index contributed by atoms with van der Waals surface area (Å²) in [6, 6.07) is 8.06. The predicted molar refractivity (Wildman–Crippen MR) is 105 cm³/mol. The molecule has 0 radical (unpaired) electrons. The summed E-state index contributed by atoms with van der Waals surface area (Å²) in [5.74, 6) is 0.0279. The first-order valence-corrected chi connectivity index (χ1v) is 9.37. The van der Waals surface area contributed by atoms with Crippen LogP contribution in [0.5, 0.6) is 5.75 Å². The smallest absolute Gasteiger partial charge is 0.322 e. The van der Waals surface area contributed by atoms with Gasteiger partial charge < -0.3 is 19.4 Å². The maximum atomic E-state index is 13.2. The fourth-order valence-electron chi connectivity index (χ4n) is 4.18. The van der Waals surface area contributed by atoms with Crippen LogP contribution in [0.25, 0.3) is 11.1 Å². The molecule has 1 fully saturated rings.